The van der Waals surface area contributed by atoms with Crippen LogP contribution in [0.4, 0.5) is 0 Å². The van der Waals surface area contributed by atoms with Gasteiger partial charge in [0, 0.05) is 16.0 Å². The van der Waals surface area contributed by atoms with Gasteiger partial charge in [0.1, 0.15) is 5.75 Å². The van der Waals surface area contributed by atoms with Crippen LogP contribution in [-0.2, 0) is 0 Å². The molecule has 4 heteroatoms. The standard InChI is InChI=1S/C11H9IN2O/c1-8-3-4-9(12)7-10(8)15-11-13-5-2-6-14-11/h2-7H,1H3. The Morgan fingerprint density at radius 1 is 1.20 bits per heavy atom. The number of ether oxygens (including phenoxy) is 1. The second kappa shape index (κ2) is 4.57. The molecule has 3 nitrogen and oxygen atoms in total. The molecule has 0 N–H and O–H groups in total. The molecule has 0 unspecified atom stereocenters. The normalized spacial score (nSPS) is 10.0. The van der Waals surface area contributed by atoms with Gasteiger partial charge in [-0.3, -0.25) is 0 Å². The minimum absolute atomic E-state index is 0.377. The van der Waals surface area contributed by atoms with Crippen molar-refractivity contribution in [1.29, 1.82) is 0 Å². The number of halogens is 1. The highest BCUT2D eigenvalue weighted by Gasteiger charge is 2.03. The van der Waals surface area contributed by atoms with E-state index in [2.05, 4.69) is 32.6 Å². The van der Waals surface area contributed by atoms with Crippen LogP contribution in [0.1, 0.15) is 5.56 Å². The summed E-state index contributed by atoms with van der Waals surface area (Å²) in [5.41, 5.74) is 1.07. The molecule has 0 saturated carbocycles. The fraction of sp³-hybridized carbons (Fsp3) is 0.0909. The number of hydrogen-bond acceptors (Lipinski definition) is 3. The third kappa shape index (κ3) is 2.65. The molecule has 1 aromatic carbocycles. The highest BCUT2D eigenvalue weighted by Crippen LogP contribution is 2.24. The molecule has 0 aliphatic carbocycles. The van der Waals surface area contributed by atoms with Crippen LogP contribution in [-0.4, -0.2) is 9.97 Å². The SMILES string of the molecule is Cc1ccc(I)cc1Oc1ncccn1. The molecule has 15 heavy (non-hydrogen) atoms. The second-order valence-corrected chi connectivity index (χ2v) is 4.29. The van der Waals surface area contributed by atoms with E-state index in [1.54, 1.807) is 18.5 Å². The van der Waals surface area contributed by atoms with Crippen molar-refractivity contribution in [1.82, 2.24) is 9.97 Å². The molecule has 1 aromatic heterocycles. The second-order valence-electron chi connectivity index (χ2n) is 3.04. The number of nitrogens with zero attached hydrogens (tertiary/aromatic N) is 2. The van der Waals surface area contributed by atoms with Crippen molar-refractivity contribution in [3.63, 3.8) is 0 Å². The van der Waals surface area contributed by atoms with Crippen molar-refractivity contribution in [2.45, 2.75) is 6.92 Å². The van der Waals surface area contributed by atoms with E-state index < -0.39 is 0 Å². The number of rotatable bonds is 2. The van der Waals surface area contributed by atoms with Gasteiger partial charge >= 0.3 is 6.01 Å². The summed E-state index contributed by atoms with van der Waals surface area (Å²) in [6.07, 6.45) is 3.32. The fourth-order valence-corrected chi connectivity index (χ4v) is 1.58. The summed E-state index contributed by atoms with van der Waals surface area (Å²) in [5, 5.41) is 0. The van der Waals surface area contributed by atoms with Gasteiger partial charge in [0.15, 0.2) is 0 Å². The molecule has 76 valence electrons. The van der Waals surface area contributed by atoms with Crippen LogP contribution in [0.5, 0.6) is 11.8 Å². The lowest BCUT2D eigenvalue weighted by atomic mass is 10.2. The van der Waals surface area contributed by atoms with Crippen LogP contribution in [0.2, 0.25) is 0 Å². The average molecular weight is 312 g/mol. The largest absolute Gasteiger partial charge is 0.424 e. The zero-order valence-electron chi connectivity index (χ0n) is 8.14. The third-order valence-electron chi connectivity index (χ3n) is 1.89. The van der Waals surface area contributed by atoms with Crippen molar-refractivity contribution >= 4 is 22.6 Å². The van der Waals surface area contributed by atoms with Crippen molar-refractivity contribution in [2.24, 2.45) is 0 Å². The molecule has 0 saturated heterocycles. The Bertz CT molecular complexity index is 459. The lowest BCUT2D eigenvalue weighted by Crippen LogP contribution is -1.92. The van der Waals surface area contributed by atoms with Crippen LogP contribution in [0.15, 0.2) is 36.7 Å². The predicted octanol–water partition coefficient (Wildman–Crippen LogP) is 3.18. The quantitative estimate of drug-likeness (QED) is 0.799. The van der Waals surface area contributed by atoms with Crippen LogP contribution in [0.3, 0.4) is 0 Å². The van der Waals surface area contributed by atoms with Crippen molar-refractivity contribution in [2.75, 3.05) is 0 Å². The Hall–Kier alpha value is -1.17. The van der Waals surface area contributed by atoms with Gasteiger partial charge in [-0.2, -0.15) is 0 Å². The van der Waals surface area contributed by atoms with Gasteiger partial charge in [-0.05, 0) is 53.3 Å². The molecule has 0 aliphatic rings. The van der Waals surface area contributed by atoms with E-state index in [0.29, 0.717) is 6.01 Å². The smallest absolute Gasteiger partial charge is 0.321 e. The van der Waals surface area contributed by atoms with Gasteiger partial charge in [0.2, 0.25) is 0 Å². The molecule has 0 amide bonds. The molecule has 0 spiro atoms. The summed E-state index contributed by atoms with van der Waals surface area (Å²) in [5.74, 6) is 0.799. The van der Waals surface area contributed by atoms with Gasteiger partial charge in [-0.1, -0.05) is 6.07 Å². The van der Waals surface area contributed by atoms with Gasteiger partial charge in [-0.15, -0.1) is 0 Å². The first-order valence-electron chi connectivity index (χ1n) is 4.47. The Morgan fingerprint density at radius 3 is 2.67 bits per heavy atom. The molecule has 1 heterocycles. The maximum atomic E-state index is 5.56. The molecule has 0 atom stereocenters. The molecule has 2 aromatic rings. The maximum absolute atomic E-state index is 5.56. The Balaban J connectivity index is 2.28. The number of benzene rings is 1. The first-order valence-corrected chi connectivity index (χ1v) is 5.54. The zero-order chi connectivity index (χ0) is 10.7. The van der Waals surface area contributed by atoms with Gasteiger partial charge < -0.3 is 4.74 Å². The van der Waals surface area contributed by atoms with E-state index in [-0.39, 0.29) is 0 Å². The third-order valence-corrected chi connectivity index (χ3v) is 2.56. The van der Waals surface area contributed by atoms with Crippen LogP contribution >= 0.6 is 22.6 Å². The Labute approximate surface area is 102 Å². The topological polar surface area (TPSA) is 35.0 Å². The fourth-order valence-electron chi connectivity index (χ4n) is 1.12. The minimum Gasteiger partial charge on any atom is -0.424 e. The number of aromatic nitrogens is 2. The average Bonchev–Trinajstić information content (AvgIpc) is 2.25. The lowest BCUT2D eigenvalue weighted by Gasteiger charge is -2.06. The number of aryl methyl sites for hydroxylation is 1. The Morgan fingerprint density at radius 2 is 1.93 bits per heavy atom. The van der Waals surface area contributed by atoms with Gasteiger partial charge in [0.25, 0.3) is 0 Å². The van der Waals surface area contributed by atoms with E-state index >= 15 is 0 Å². The first kappa shape index (κ1) is 10.4. The monoisotopic (exact) mass is 312 g/mol. The summed E-state index contributed by atoms with van der Waals surface area (Å²) >= 11 is 2.24. The van der Waals surface area contributed by atoms with Gasteiger partial charge in [-0.25, -0.2) is 9.97 Å². The van der Waals surface area contributed by atoms with E-state index in [0.717, 1.165) is 14.9 Å². The lowest BCUT2D eigenvalue weighted by molar-refractivity contribution is 0.438. The van der Waals surface area contributed by atoms with Crippen molar-refractivity contribution < 1.29 is 4.74 Å². The molecular formula is C11H9IN2O. The first-order chi connectivity index (χ1) is 7.25. The zero-order valence-corrected chi connectivity index (χ0v) is 10.3. The van der Waals surface area contributed by atoms with E-state index in [1.807, 2.05) is 25.1 Å². The van der Waals surface area contributed by atoms with Crippen LogP contribution < -0.4 is 4.74 Å². The summed E-state index contributed by atoms with van der Waals surface area (Å²) < 4.78 is 6.69. The van der Waals surface area contributed by atoms with E-state index in [1.165, 1.54) is 0 Å². The molecule has 0 bridgehead atoms. The van der Waals surface area contributed by atoms with Crippen LogP contribution in [0.25, 0.3) is 0 Å². The Kier molecular flexibility index (Phi) is 3.15. The van der Waals surface area contributed by atoms with Crippen LogP contribution in [0, 0.1) is 10.5 Å². The summed E-state index contributed by atoms with van der Waals surface area (Å²) in [6, 6.07) is 8.15. The molecule has 0 aliphatic heterocycles. The van der Waals surface area contributed by atoms with Crippen molar-refractivity contribution in [3.05, 3.63) is 45.8 Å². The molecule has 0 radical (unpaired) electrons. The number of hydrogen-bond donors (Lipinski definition) is 0. The summed E-state index contributed by atoms with van der Waals surface area (Å²) in [7, 11) is 0. The summed E-state index contributed by atoms with van der Waals surface area (Å²) in [6.45, 7) is 1.99. The van der Waals surface area contributed by atoms with Crippen molar-refractivity contribution in [3.8, 4) is 11.8 Å². The molecular weight excluding hydrogens is 303 g/mol. The predicted molar refractivity (Wildman–Crippen MR) is 66.0 cm³/mol. The highest BCUT2D eigenvalue weighted by molar-refractivity contribution is 14.1. The molecule has 0 fully saturated rings. The summed E-state index contributed by atoms with van der Waals surface area (Å²) in [4.78, 5) is 8.02. The maximum Gasteiger partial charge on any atom is 0.321 e. The highest BCUT2D eigenvalue weighted by atomic mass is 127. The molecule has 2 rings (SSSR count). The van der Waals surface area contributed by atoms with E-state index in [4.69, 9.17) is 4.74 Å². The minimum atomic E-state index is 0.377. The van der Waals surface area contributed by atoms with Gasteiger partial charge in [0.05, 0.1) is 0 Å². The van der Waals surface area contributed by atoms with E-state index in [9.17, 15) is 0 Å².